The van der Waals surface area contributed by atoms with Gasteiger partial charge in [-0.05, 0) is 60.0 Å². The second-order valence-corrected chi connectivity index (χ2v) is 8.90. The van der Waals surface area contributed by atoms with Crippen molar-refractivity contribution in [2.75, 3.05) is 20.8 Å². The predicted molar refractivity (Wildman–Crippen MR) is 136 cm³/mol. The van der Waals surface area contributed by atoms with Gasteiger partial charge < -0.3 is 24.6 Å². The fourth-order valence-corrected chi connectivity index (χ4v) is 4.96. The molecule has 1 amide bonds. The lowest BCUT2D eigenvalue weighted by Gasteiger charge is -2.20. The highest BCUT2D eigenvalue weighted by molar-refractivity contribution is 6.29. The molecule has 1 aliphatic carbocycles. The van der Waals surface area contributed by atoms with Gasteiger partial charge in [0.1, 0.15) is 29.9 Å². The molecule has 8 nitrogen and oxygen atoms in total. The Labute approximate surface area is 213 Å². The van der Waals surface area contributed by atoms with Crippen LogP contribution in [0.2, 0.25) is 0 Å². The van der Waals surface area contributed by atoms with E-state index in [1.54, 1.807) is 50.4 Å². The molecule has 2 N–H and O–H groups in total. The molecule has 3 aromatic rings. The summed E-state index contributed by atoms with van der Waals surface area (Å²) >= 11 is 0. The van der Waals surface area contributed by atoms with Crippen molar-refractivity contribution in [3.8, 4) is 28.4 Å². The molecule has 1 fully saturated rings. The van der Waals surface area contributed by atoms with E-state index in [0.717, 1.165) is 11.1 Å². The minimum Gasteiger partial charge on any atom is -0.497 e. The van der Waals surface area contributed by atoms with Gasteiger partial charge in [0, 0.05) is 16.7 Å². The Kier molecular flexibility index (Phi) is 5.95. The molecule has 5 rings (SSSR count). The van der Waals surface area contributed by atoms with Crippen LogP contribution in [0.15, 0.2) is 60.7 Å². The molecule has 0 aromatic heterocycles. The molecular formula is C29H25NO7. The number of ketones is 1. The number of carboxylic acids is 1. The van der Waals surface area contributed by atoms with Gasteiger partial charge in [-0.25, -0.2) is 0 Å². The molecule has 0 saturated heterocycles. The number of nitrogens with one attached hydrogen (secondary N) is 1. The van der Waals surface area contributed by atoms with Crippen LogP contribution in [0, 0.1) is 6.92 Å². The van der Waals surface area contributed by atoms with Gasteiger partial charge in [-0.1, -0.05) is 30.3 Å². The lowest BCUT2D eigenvalue weighted by atomic mass is 9.88. The third-order valence-corrected chi connectivity index (χ3v) is 6.94. The van der Waals surface area contributed by atoms with E-state index in [0.29, 0.717) is 40.5 Å². The van der Waals surface area contributed by atoms with Crippen LogP contribution >= 0.6 is 0 Å². The van der Waals surface area contributed by atoms with E-state index in [2.05, 4.69) is 5.32 Å². The van der Waals surface area contributed by atoms with Crippen molar-refractivity contribution < 1.29 is 33.7 Å². The van der Waals surface area contributed by atoms with Gasteiger partial charge in [-0.3, -0.25) is 14.4 Å². The zero-order chi connectivity index (χ0) is 26.3. The predicted octanol–water partition coefficient (Wildman–Crippen LogP) is 3.79. The summed E-state index contributed by atoms with van der Waals surface area (Å²) in [5, 5.41) is 12.8. The molecule has 1 heterocycles. The Morgan fingerprint density at radius 1 is 1.08 bits per heavy atom. The Morgan fingerprint density at radius 2 is 1.89 bits per heavy atom. The Morgan fingerprint density at radius 3 is 2.62 bits per heavy atom. The first-order chi connectivity index (χ1) is 17.8. The van der Waals surface area contributed by atoms with E-state index < -0.39 is 29.1 Å². The quantitative estimate of drug-likeness (QED) is 0.476. The Bertz CT molecular complexity index is 1480. The molecule has 0 radical (unpaired) electrons. The highest BCUT2D eigenvalue weighted by Crippen LogP contribution is 2.49. The maximum Gasteiger partial charge on any atom is 0.324 e. The first kappa shape index (κ1) is 24.1. The molecule has 37 heavy (non-hydrogen) atoms. The number of Topliss-reactive ketones (excluding diaryl/α,β-unsaturated/α-hetero) is 1. The summed E-state index contributed by atoms with van der Waals surface area (Å²) in [6.07, 6.45) is 3.75. The summed E-state index contributed by atoms with van der Waals surface area (Å²) in [6, 6.07) is 14.3. The van der Waals surface area contributed by atoms with Gasteiger partial charge in [-0.2, -0.15) is 0 Å². The number of methoxy groups -OCH3 is 2. The second kappa shape index (κ2) is 9.13. The maximum atomic E-state index is 13.3. The van der Waals surface area contributed by atoms with E-state index in [1.165, 1.54) is 7.11 Å². The lowest BCUT2D eigenvalue weighted by molar-refractivity contribution is -0.141. The van der Waals surface area contributed by atoms with Crippen molar-refractivity contribution in [1.29, 1.82) is 0 Å². The number of ether oxygens (including phenoxy) is 3. The highest BCUT2D eigenvalue weighted by atomic mass is 16.5. The van der Waals surface area contributed by atoms with E-state index >= 15 is 0 Å². The third-order valence-electron chi connectivity index (χ3n) is 6.94. The minimum atomic E-state index is -1.87. The van der Waals surface area contributed by atoms with Crippen molar-refractivity contribution in [1.82, 2.24) is 5.32 Å². The van der Waals surface area contributed by atoms with E-state index in [-0.39, 0.29) is 5.56 Å². The molecule has 1 saturated carbocycles. The Balaban J connectivity index is 1.47. The molecular weight excluding hydrogens is 474 g/mol. The number of carbonyl (C=O) groups is 3. The molecule has 2 atom stereocenters. The molecule has 3 aromatic carbocycles. The largest absolute Gasteiger partial charge is 0.497 e. The summed E-state index contributed by atoms with van der Waals surface area (Å²) in [5.41, 5.74) is 1.50. The first-order valence-corrected chi connectivity index (χ1v) is 11.7. The van der Waals surface area contributed by atoms with Crippen LogP contribution in [-0.4, -0.2) is 49.6 Å². The smallest absolute Gasteiger partial charge is 0.324 e. The normalized spacial score (nSPS) is 19.4. The summed E-state index contributed by atoms with van der Waals surface area (Å²) in [4.78, 5) is 38.8. The van der Waals surface area contributed by atoms with Crippen molar-refractivity contribution in [3.63, 3.8) is 0 Å². The number of carboxylic acid groups (broad SMARTS) is 1. The lowest BCUT2D eigenvalue weighted by Crippen LogP contribution is -2.35. The van der Waals surface area contributed by atoms with Crippen molar-refractivity contribution in [2.24, 2.45) is 0 Å². The van der Waals surface area contributed by atoms with Gasteiger partial charge in [0.15, 0.2) is 11.2 Å². The topological polar surface area (TPSA) is 111 Å². The maximum absolute atomic E-state index is 13.3. The number of amides is 1. The number of hydrogen-bond acceptors (Lipinski definition) is 6. The fraction of sp³-hybridized carbons (Fsp3) is 0.207. The molecule has 0 bridgehead atoms. The van der Waals surface area contributed by atoms with Crippen LogP contribution in [0.3, 0.4) is 0 Å². The van der Waals surface area contributed by atoms with Crippen molar-refractivity contribution in [2.45, 2.75) is 18.4 Å². The van der Waals surface area contributed by atoms with Gasteiger partial charge in [0.2, 0.25) is 0 Å². The number of benzene rings is 3. The van der Waals surface area contributed by atoms with Gasteiger partial charge in [0.25, 0.3) is 5.91 Å². The zero-order valence-corrected chi connectivity index (χ0v) is 20.5. The standard InChI is InChI=1S/C29H25NO7/c1-16-22(11-9-17-7-5-13-37-24(16)17)29(28(33)34)25(26(29)31)30-27(32)19-10-12-23(36-3)21(15-19)18-6-4-8-20(14-18)35-2/h4-12,14-15,25H,13H2,1-3H3,(H,30,32)(H,33,34). The highest BCUT2D eigenvalue weighted by Gasteiger charge is 2.73. The third kappa shape index (κ3) is 3.81. The van der Waals surface area contributed by atoms with Gasteiger partial charge in [-0.15, -0.1) is 0 Å². The molecule has 8 heteroatoms. The van der Waals surface area contributed by atoms with Crippen LogP contribution in [0.25, 0.3) is 17.2 Å². The van der Waals surface area contributed by atoms with Gasteiger partial charge >= 0.3 is 5.97 Å². The molecule has 2 unspecified atom stereocenters. The number of rotatable bonds is 7. The minimum absolute atomic E-state index is 0.258. The van der Waals surface area contributed by atoms with Crippen LogP contribution < -0.4 is 19.5 Å². The summed E-state index contributed by atoms with van der Waals surface area (Å²) < 4.78 is 16.5. The fourth-order valence-electron chi connectivity index (χ4n) is 4.96. The zero-order valence-electron chi connectivity index (χ0n) is 20.5. The Hall–Kier alpha value is -4.59. The number of hydrogen-bond donors (Lipinski definition) is 2. The molecule has 2 aliphatic rings. The molecule has 1 aliphatic heterocycles. The van der Waals surface area contributed by atoms with Crippen molar-refractivity contribution in [3.05, 3.63) is 82.9 Å². The average Bonchev–Trinajstić information content (AvgIpc) is 3.51. The second-order valence-electron chi connectivity index (χ2n) is 8.90. The van der Waals surface area contributed by atoms with Crippen LogP contribution in [0.4, 0.5) is 0 Å². The summed E-state index contributed by atoms with van der Waals surface area (Å²) in [6.45, 7) is 2.09. The van der Waals surface area contributed by atoms with Crippen LogP contribution in [0.5, 0.6) is 17.2 Å². The van der Waals surface area contributed by atoms with Crippen LogP contribution in [0.1, 0.15) is 27.0 Å². The molecule has 188 valence electrons. The first-order valence-electron chi connectivity index (χ1n) is 11.7. The van der Waals surface area contributed by atoms with Crippen LogP contribution in [-0.2, 0) is 15.0 Å². The molecule has 0 spiro atoms. The number of fused-ring (bicyclic) bond motifs is 1. The SMILES string of the molecule is COc1cccc(-c2cc(C(=O)NC3C(=O)C3(C(=O)O)c3ccc4c(c3C)OCC=C4)ccc2OC)c1. The summed E-state index contributed by atoms with van der Waals surface area (Å²) in [7, 11) is 3.10. The van der Waals surface area contributed by atoms with E-state index in [9.17, 15) is 19.5 Å². The van der Waals surface area contributed by atoms with Gasteiger partial charge in [0.05, 0.1) is 14.2 Å². The number of carbonyl (C=O) groups excluding carboxylic acids is 2. The van der Waals surface area contributed by atoms with E-state index in [1.807, 2.05) is 30.4 Å². The van der Waals surface area contributed by atoms with Crippen molar-refractivity contribution >= 4 is 23.7 Å². The number of aliphatic carboxylic acids is 1. The summed E-state index contributed by atoms with van der Waals surface area (Å²) in [5.74, 6) is -0.727. The van der Waals surface area contributed by atoms with E-state index in [4.69, 9.17) is 14.2 Å². The monoisotopic (exact) mass is 499 g/mol. The average molecular weight is 500 g/mol.